The number of hydrogen-bond donors (Lipinski definition) is 2. The predicted molar refractivity (Wildman–Crippen MR) is 74.0 cm³/mol. The van der Waals surface area contributed by atoms with E-state index in [0.29, 0.717) is 17.9 Å². The van der Waals surface area contributed by atoms with Gasteiger partial charge in [-0.15, -0.1) is 0 Å². The fourth-order valence-corrected chi connectivity index (χ4v) is 1.70. The molecule has 0 aromatic heterocycles. The summed E-state index contributed by atoms with van der Waals surface area (Å²) in [6.07, 6.45) is 0. The summed E-state index contributed by atoms with van der Waals surface area (Å²) in [6.45, 7) is 2.37. The van der Waals surface area contributed by atoms with Crippen LogP contribution in [0, 0.1) is 0 Å². The van der Waals surface area contributed by atoms with Gasteiger partial charge >= 0.3 is 0 Å². The number of carbonyl (C=O) groups is 1. The third kappa shape index (κ3) is 3.63. The van der Waals surface area contributed by atoms with Crippen molar-refractivity contribution in [3.8, 4) is 0 Å². The van der Waals surface area contributed by atoms with Gasteiger partial charge in [0.1, 0.15) is 0 Å². The van der Waals surface area contributed by atoms with Crippen LogP contribution < -0.4 is 16.0 Å². The van der Waals surface area contributed by atoms with Crippen LogP contribution in [0.15, 0.2) is 18.2 Å². The molecule has 0 saturated carbocycles. The molecule has 1 atom stereocenters. The van der Waals surface area contributed by atoms with Gasteiger partial charge in [-0.05, 0) is 25.1 Å². The molecule has 5 nitrogen and oxygen atoms in total. The van der Waals surface area contributed by atoms with Gasteiger partial charge in [-0.25, -0.2) is 0 Å². The van der Waals surface area contributed by atoms with Crippen molar-refractivity contribution < 1.29 is 9.53 Å². The molecule has 5 heteroatoms. The van der Waals surface area contributed by atoms with Crippen molar-refractivity contribution in [2.45, 2.75) is 13.0 Å². The standard InChI is InChI=1S/C13H21N3O2/c1-9(8-18-4)15-13(17)10-5-6-12(16(2)3)11(14)7-10/h5-7,9H,8,14H2,1-4H3,(H,15,17). The fourth-order valence-electron chi connectivity index (χ4n) is 1.70. The van der Waals surface area contributed by atoms with Crippen molar-refractivity contribution >= 4 is 17.3 Å². The van der Waals surface area contributed by atoms with Crippen molar-refractivity contribution in [3.63, 3.8) is 0 Å². The molecule has 100 valence electrons. The maximum Gasteiger partial charge on any atom is 0.251 e. The third-order valence-corrected chi connectivity index (χ3v) is 2.57. The minimum atomic E-state index is -0.142. The topological polar surface area (TPSA) is 67.6 Å². The Hall–Kier alpha value is -1.75. The number of hydrogen-bond acceptors (Lipinski definition) is 4. The number of methoxy groups -OCH3 is 1. The number of carbonyl (C=O) groups excluding carboxylic acids is 1. The van der Waals surface area contributed by atoms with Crippen LogP contribution in [0.4, 0.5) is 11.4 Å². The highest BCUT2D eigenvalue weighted by molar-refractivity contribution is 5.96. The number of rotatable bonds is 5. The number of nitrogens with one attached hydrogen (secondary N) is 1. The highest BCUT2D eigenvalue weighted by Crippen LogP contribution is 2.22. The monoisotopic (exact) mass is 251 g/mol. The first kappa shape index (κ1) is 14.3. The van der Waals surface area contributed by atoms with Crippen LogP contribution in [0.5, 0.6) is 0 Å². The van der Waals surface area contributed by atoms with Gasteiger partial charge in [-0.3, -0.25) is 4.79 Å². The average molecular weight is 251 g/mol. The number of anilines is 2. The molecule has 18 heavy (non-hydrogen) atoms. The number of ether oxygens (including phenoxy) is 1. The summed E-state index contributed by atoms with van der Waals surface area (Å²) in [5, 5.41) is 2.84. The summed E-state index contributed by atoms with van der Waals surface area (Å²) >= 11 is 0. The first-order valence-corrected chi connectivity index (χ1v) is 5.82. The normalized spacial score (nSPS) is 12.0. The lowest BCUT2D eigenvalue weighted by atomic mass is 10.1. The van der Waals surface area contributed by atoms with Gasteiger partial charge in [0.25, 0.3) is 5.91 Å². The van der Waals surface area contributed by atoms with E-state index in [4.69, 9.17) is 10.5 Å². The Morgan fingerprint density at radius 2 is 2.17 bits per heavy atom. The number of nitrogens with zero attached hydrogens (tertiary/aromatic N) is 1. The van der Waals surface area contributed by atoms with Crippen molar-refractivity contribution in [1.82, 2.24) is 5.32 Å². The summed E-state index contributed by atoms with van der Waals surface area (Å²) < 4.78 is 4.97. The van der Waals surface area contributed by atoms with Gasteiger partial charge in [0.15, 0.2) is 0 Å². The lowest BCUT2D eigenvalue weighted by Crippen LogP contribution is -2.35. The molecular weight excluding hydrogens is 230 g/mol. The molecule has 0 radical (unpaired) electrons. The van der Waals surface area contributed by atoms with Crippen LogP contribution in [0.2, 0.25) is 0 Å². The smallest absolute Gasteiger partial charge is 0.251 e. The van der Waals surface area contributed by atoms with Gasteiger partial charge in [0.05, 0.1) is 18.0 Å². The van der Waals surface area contributed by atoms with Crippen molar-refractivity contribution in [2.24, 2.45) is 0 Å². The zero-order valence-corrected chi connectivity index (χ0v) is 11.4. The largest absolute Gasteiger partial charge is 0.397 e. The molecule has 1 amide bonds. The molecule has 1 rings (SSSR count). The molecule has 0 aliphatic heterocycles. The Kier molecular flexibility index (Phi) is 4.97. The van der Waals surface area contributed by atoms with Crippen LogP contribution in [0.1, 0.15) is 17.3 Å². The van der Waals surface area contributed by atoms with Crippen molar-refractivity contribution in [3.05, 3.63) is 23.8 Å². The quantitative estimate of drug-likeness (QED) is 0.769. The van der Waals surface area contributed by atoms with Crippen LogP contribution in [0.3, 0.4) is 0 Å². The number of nitrogen functional groups attached to an aromatic ring is 1. The van der Waals surface area contributed by atoms with E-state index in [0.717, 1.165) is 5.69 Å². The molecule has 1 unspecified atom stereocenters. The van der Waals surface area contributed by atoms with Crippen molar-refractivity contribution in [1.29, 1.82) is 0 Å². The third-order valence-electron chi connectivity index (χ3n) is 2.57. The second-order valence-corrected chi connectivity index (χ2v) is 4.50. The van der Waals surface area contributed by atoms with E-state index in [1.165, 1.54) is 0 Å². The molecule has 1 aromatic rings. The zero-order valence-electron chi connectivity index (χ0n) is 11.4. The van der Waals surface area contributed by atoms with E-state index in [9.17, 15) is 4.79 Å². The highest BCUT2D eigenvalue weighted by Gasteiger charge is 2.11. The highest BCUT2D eigenvalue weighted by atomic mass is 16.5. The molecule has 0 bridgehead atoms. The van der Waals surface area contributed by atoms with Crippen molar-refractivity contribution in [2.75, 3.05) is 38.4 Å². The SMILES string of the molecule is COCC(C)NC(=O)c1ccc(N(C)C)c(N)c1. The van der Waals surface area contributed by atoms with Crippen LogP contribution in [0.25, 0.3) is 0 Å². The van der Waals surface area contributed by atoms with Gasteiger partial charge < -0.3 is 20.7 Å². The van der Waals surface area contributed by atoms with Crippen LogP contribution >= 0.6 is 0 Å². The lowest BCUT2D eigenvalue weighted by Gasteiger charge is -2.17. The Bertz CT molecular complexity index is 419. The minimum absolute atomic E-state index is 0.0303. The zero-order chi connectivity index (χ0) is 13.7. The molecule has 3 N–H and O–H groups in total. The average Bonchev–Trinajstić information content (AvgIpc) is 2.28. The number of amides is 1. The molecular formula is C13H21N3O2. The number of benzene rings is 1. The first-order chi connectivity index (χ1) is 8.45. The molecule has 0 heterocycles. The van der Waals surface area contributed by atoms with Crippen LogP contribution in [-0.4, -0.2) is 39.8 Å². The van der Waals surface area contributed by atoms with E-state index in [2.05, 4.69) is 5.32 Å². The van der Waals surface area contributed by atoms with Gasteiger partial charge in [-0.2, -0.15) is 0 Å². The Labute approximate surface area is 108 Å². The molecule has 0 spiro atoms. The van der Waals surface area contributed by atoms with E-state index in [-0.39, 0.29) is 11.9 Å². The first-order valence-electron chi connectivity index (χ1n) is 5.82. The lowest BCUT2D eigenvalue weighted by molar-refractivity contribution is 0.0905. The summed E-state index contributed by atoms with van der Waals surface area (Å²) in [5.74, 6) is -0.142. The van der Waals surface area contributed by atoms with Gasteiger partial charge in [-0.1, -0.05) is 0 Å². The maximum absolute atomic E-state index is 11.9. The van der Waals surface area contributed by atoms with Gasteiger partial charge in [0.2, 0.25) is 0 Å². The van der Waals surface area contributed by atoms with Gasteiger partial charge in [0, 0.05) is 32.8 Å². The summed E-state index contributed by atoms with van der Waals surface area (Å²) in [6, 6.07) is 5.26. The molecule has 0 aliphatic rings. The second kappa shape index (κ2) is 6.26. The summed E-state index contributed by atoms with van der Waals surface area (Å²) in [7, 11) is 5.42. The Balaban J connectivity index is 2.78. The predicted octanol–water partition coefficient (Wildman–Crippen LogP) is 1.10. The van der Waals surface area contributed by atoms with E-state index in [1.807, 2.05) is 32.0 Å². The van der Waals surface area contributed by atoms with E-state index in [1.54, 1.807) is 19.2 Å². The molecule has 0 saturated heterocycles. The fraction of sp³-hybridized carbons (Fsp3) is 0.462. The molecule has 0 aliphatic carbocycles. The Morgan fingerprint density at radius 1 is 1.50 bits per heavy atom. The number of nitrogens with two attached hydrogens (primary N) is 1. The maximum atomic E-state index is 11.9. The molecule has 0 fully saturated rings. The molecule has 1 aromatic carbocycles. The van der Waals surface area contributed by atoms with Crippen LogP contribution in [-0.2, 0) is 4.74 Å². The summed E-state index contributed by atoms with van der Waals surface area (Å²) in [4.78, 5) is 13.8. The Morgan fingerprint density at radius 3 is 2.67 bits per heavy atom. The minimum Gasteiger partial charge on any atom is -0.397 e. The second-order valence-electron chi connectivity index (χ2n) is 4.50. The summed E-state index contributed by atoms with van der Waals surface area (Å²) in [5.41, 5.74) is 7.95. The van der Waals surface area contributed by atoms with E-state index >= 15 is 0 Å². The van der Waals surface area contributed by atoms with E-state index < -0.39 is 0 Å².